The summed E-state index contributed by atoms with van der Waals surface area (Å²) in [6.45, 7) is 5.64. The Morgan fingerprint density at radius 3 is 2.47 bits per heavy atom. The number of aromatic carboxylic acids is 1. The molecule has 1 aromatic rings. The zero-order valence-electron chi connectivity index (χ0n) is 11.4. The largest absolute Gasteiger partial charge is 0.478 e. The summed E-state index contributed by atoms with van der Waals surface area (Å²) in [4.78, 5) is 11.0. The van der Waals surface area contributed by atoms with Gasteiger partial charge in [-0.05, 0) is 37.5 Å². The lowest BCUT2D eigenvalue weighted by atomic mass is 10.1. The Morgan fingerprint density at radius 2 is 1.95 bits per heavy atom. The highest BCUT2D eigenvalue weighted by atomic mass is 32.2. The highest BCUT2D eigenvalue weighted by Gasteiger charge is 2.24. The Kier molecular flexibility index (Phi) is 5.08. The van der Waals surface area contributed by atoms with E-state index in [1.54, 1.807) is 19.9 Å². The number of nitrogens with one attached hydrogen (secondary N) is 1. The second-order valence-corrected chi connectivity index (χ2v) is 6.14. The topological polar surface area (TPSA) is 83.5 Å². The summed E-state index contributed by atoms with van der Waals surface area (Å²) in [5.41, 5.74) is 1.04. The van der Waals surface area contributed by atoms with E-state index in [0.717, 1.165) is 12.0 Å². The Morgan fingerprint density at radius 1 is 1.32 bits per heavy atom. The number of hydrogen-bond donors (Lipinski definition) is 2. The van der Waals surface area contributed by atoms with Gasteiger partial charge in [0.1, 0.15) is 0 Å². The van der Waals surface area contributed by atoms with Crippen LogP contribution in [-0.4, -0.2) is 26.0 Å². The van der Waals surface area contributed by atoms with Crippen molar-refractivity contribution in [1.29, 1.82) is 0 Å². The molecule has 1 aromatic carbocycles. The number of benzene rings is 1. The first-order chi connectivity index (χ1) is 8.81. The molecular formula is C13H19NO4S. The van der Waals surface area contributed by atoms with Crippen molar-refractivity contribution in [2.24, 2.45) is 0 Å². The lowest BCUT2D eigenvalue weighted by molar-refractivity contribution is 0.0692. The van der Waals surface area contributed by atoms with E-state index in [2.05, 4.69) is 4.72 Å². The summed E-state index contributed by atoms with van der Waals surface area (Å²) in [7, 11) is -3.79. The smallest absolute Gasteiger partial charge is 0.337 e. The highest BCUT2D eigenvalue weighted by molar-refractivity contribution is 7.89. The zero-order valence-corrected chi connectivity index (χ0v) is 12.2. The van der Waals surface area contributed by atoms with Crippen molar-refractivity contribution in [3.8, 4) is 0 Å². The second-order valence-electron chi connectivity index (χ2n) is 4.44. The fraction of sp³-hybridized carbons (Fsp3) is 0.462. The van der Waals surface area contributed by atoms with E-state index in [1.165, 1.54) is 6.07 Å². The molecule has 0 aliphatic rings. The van der Waals surface area contributed by atoms with E-state index < -0.39 is 16.0 Å². The maximum absolute atomic E-state index is 12.2. The first-order valence-corrected chi connectivity index (χ1v) is 7.62. The van der Waals surface area contributed by atoms with Gasteiger partial charge in [-0.3, -0.25) is 0 Å². The van der Waals surface area contributed by atoms with Crippen LogP contribution in [0.5, 0.6) is 0 Å². The molecule has 2 N–H and O–H groups in total. The molecule has 0 amide bonds. The molecule has 0 aliphatic carbocycles. The molecule has 0 unspecified atom stereocenters. The van der Waals surface area contributed by atoms with Gasteiger partial charge in [-0.15, -0.1) is 0 Å². The molecule has 0 fully saturated rings. The number of unbranched alkanes of at least 4 members (excludes halogenated alkanes) is 1. The van der Waals surface area contributed by atoms with Crippen LogP contribution in [0.4, 0.5) is 0 Å². The van der Waals surface area contributed by atoms with Crippen molar-refractivity contribution in [1.82, 2.24) is 4.72 Å². The molecule has 0 aromatic heterocycles. The molecular weight excluding hydrogens is 266 g/mol. The molecule has 5 nitrogen and oxygen atoms in total. The van der Waals surface area contributed by atoms with Crippen LogP contribution in [0, 0.1) is 13.8 Å². The Labute approximate surface area is 113 Å². The van der Waals surface area contributed by atoms with Crippen LogP contribution in [0.1, 0.15) is 41.3 Å². The molecule has 1 rings (SSSR count). The van der Waals surface area contributed by atoms with Gasteiger partial charge in [0.25, 0.3) is 0 Å². The van der Waals surface area contributed by atoms with E-state index in [-0.39, 0.29) is 10.5 Å². The van der Waals surface area contributed by atoms with Gasteiger partial charge in [0.2, 0.25) is 10.0 Å². The number of aryl methyl sites for hydroxylation is 1. The van der Waals surface area contributed by atoms with Crippen molar-refractivity contribution in [3.05, 3.63) is 28.8 Å². The maximum Gasteiger partial charge on any atom is 0.337 e. The quantitative estimate of drug-likeness (QED) is 0.784. The summed E-state index contributed by atoms with van der Waals surface area (Å²) >= 11 is 0. The van der Waals surface area contributed by atoms with Gasteiger partial charge < -0.3 is 5.11 Å². The molecule has 106 valence electrons. The van der Waals surface area contributed by atoms with E-state index in [0.29, 0.717) is 18.5 Å². The molecule has 0 spiro atoms. The van der Waals surface area contributed by atoms with Gasteiger partial charge in [0.15, 0.2) is 0 Å². The van der Waals surface area contributed by atoms with E-state index in [4.69, 9.17) is 5.11 Å². The fourth-order valence-electron chi connectivity index (χ4n) is 1.76. The van der Waals surface area contributed by atoms with Gasteiger partial charge in [-0.25, -0.2) is 17.9 Å². The maximum atomic E-state index is 12.2. The van der Waals surface area contributed by atoms with E-state index in [1.807, 2.05) is 6.92 Å². The second kappa shape index (κ2) is 6.16. The van der Waals surface area contributed by atoms with Crippen molar-refractivity contribution in [2.75, 3.05) is 6.54 Å². The van der Waals surface area contributed by atoms with Gasteiger partial charge in [0.05, 0.1) is 10.5 Å². The molecule has 0 saturated heterocycles. The number of sulfonamides is 1. The first kappa shape index (κ1) is 15.7. The third kappa shape index (κ3) is 3.54. The number of carboxylic acids is 1. The van der Waals surface area contributed by atoms with Crippen LogP contribution < -0.4 is 4.72 Å². The molecule has 19 heavy (non-hydrogen) atoms. The number of hydrogen-bond acceptors (Lipinski definition) is 3. The highest BCUT2D eigenvalue weighted by Crippen LogP contribution is 2.23. The molecule has 0 saturated carbocycles. The molecule has 0 heterocycles. The average Bonchev–Trinajstić information content (AvgIpc) is 2.31. The zero-order chi connectivity index (χ0) is 14.6. The average molecular weight is 285 g/mol. The van der Waals surface area contributed by atoms with Crippen LogP contribution in [0.15, 0.2) is 17.0 Å². The third-order valence-corrected chi connectivity index (χ3v) is 4.65. The van der Waals surface area contributed by atoms with Crippen LogP contribution in [-0.2, 0) is 10.0 Å². The minimum Gasteiger partial charge on any atom is -0.478 e. The fourth-order valence-corrected chi connectivity index (χ4v) is 3.33. The Hall–Kier alpha value is -1.40. The number of carboxylic acid groups (broad SMARTS) is 1. The van der Waals surface area contributed by atoms with Crippen molar-refractivity contribution >= 4 is 16.0 Å². The van der Waals surface area contributed by atoms with Gasteiger partial charge in [-0.2, -0.15) is 0 Å². The molecule has 0 bridgehead atoms. The van der Waals surface area contributed by atoms with Crippen LogP contribution >= 0.6 is 0 Å². The predicted octanol–water partition coefficient (Wildman–Crippen LogP) is 2.08. The Bertz CT molecular complexity index is 579. The molecule has 6 heteroatoms. The lowest BCUT2D eigenvalue weighted by Gasteiger charge is -2.13. The van der Waals surface area contributed by atoms with Crippen molar-refractivity contribution < 1.29 is 18.3 Å². The predicted molar refractivity (Wildman–Crippen MR) is 73.0 cm³/mol. The summed E-state index contributed by atoms with van der Waals surface area (Å²) in [5, 5.41) is 9.12. The van der Waals surface area contributed by atoms with Gasteiger partial charge >= 0.3 is 5.97 Å². The summed E-state index contributed by atoms with van der Waals surface area (Å²) in [6.07, 6.45) is 1.58. The van der Waals surface area contributed by atoms with Gasteiger partial charge in [-0.1, -0.05) is 19.4 Å². The number of carbonyl (C=O) groups is 1. The SMILES string of the molecule is CCCCNS(=O)(=O)c1c(C(=O)O)ccc(C)c1C. The van der Waals surface area contributed by atoms with Crippen LogP contribution in [0.25, 0.3) is 0 Å². The molecule has 0 radical (unpaired) electrons. The summed E-state index contributed by atoms with van der Waals surface area (Å²) < 4.78 is 26.9. The normalized spacial score (nSPS) is 11.5. The monoisotopic (exact) mass is 285 g/mol. The molecule has 0 aliphatic heterocycles. The van der Waals surface area contributed by atoms with Crippen molar-refractivity contribution in [3.63, 3.8) is 0 Å². The third-order valence-electron chi connectivity index (χ3n) is 3.00. The first-order valence-electron chi connectivity index (χ1n) is 6.14. The Balaban J connectivity index is 3.31. The van der Waals surface area contributed by atoms with Crippen molar-refractivity contribution in [2.45, 2.75) is 38.5 Å². The minimum atomic E-state index is -3.79. The van der Waals surface area contributed by atoms with E-state index in [9.17, 15) is 13.2 Å². The number of rotatable bonds is 6. The van der Waals surface area contributed by atoms with Gasteiger partial charge in [0, 0.05) is 6.54 Å². The molecule has 0 atom stereocenters. The summed E-state index contributed by atoms with van der Waals surface area (Å²) in [6, 6.07) is 2.95. The van der Waals surface area contributed by atoms with Crippen LogP contribution in [0.2, 0.25) is 0 Å². The van der Waals surface area contributed by atoms with E-state index >= 15 is 0 Å². The lowest BCUT2D eigenvalue weighted by Crippen LogP contribution is -2.27. The minimum absolute atomic E-state index is 0.129. The summed E-state index contributed by atoms with van der Waals surface area (Å²) in [5.74, 6) is -1.24. The van der Waals surface area contributed by atoms with Crippen LogP contribution in [0.3, 0.4) is 0 Å². The standard InChI is InChI=1S/C13H19NO4S/c1-4-5-8-14-19(17,18)12-10(3)9(2)6-7-11(12)13(15)16/h6-7,14H,4-5,8H2,1-3H3,(H,15,16).